The average Bonchev–Trinajstić information content (AvgIpc) is 2.21. The van der Waals surface area contributed by atoms with E-state index in [4.69, 9.17) is 0 Å². The van der Waals surface area contributed by atoms with Crippen LogP contribution in [0.2, 0.25) is 0 Å². The van der Waals surface area contributed by atoms with Gasteiger partial charge in [-0.2, -0.15) is 0 Å². The van der Waals surface area contributed by atoms with Crippen LogP contribution in [-0.4, -0.2) is 15.0 Å². The Labute approximate surface area is 84.8 Å². The predicted molar refractivity (Wildman–Crippen MR) is 57.9 cm³/mol. The molecule has 0 aliphatic carbocycles. The molecule has 0 radical (unpaired) electrons. The van der Waals surface area contributed by atoms with Crippen LogP contribution in [0.25, 0.3) is 0 Å². The summed E-state index contributed by atoms with van der Waals surface area (Å²) >= 11 is 0.461. The summed E-state index contributed by atoms with van der Waals surface area (Å²) in [6, 6.07) is 21.3. The Balaban J connectivity index is 2.16. The van der Waals surface area contributed by atoms with Gasteiger partial charge in [0.25, 0.3) is 0 Å². The first kappa shape index (κ1) is 8.55. The molecule has 0 aliphatic heterocycles. The van der Waals surface area contributed by atoms with Crippen molar-refractivity contribution >= 4 is 23.9 Å². The van der Waals surface area contributed by atoms with Gasteiger partial charge in [-0.05, 0) is 0 Å². The van der Waals surface area contributed by atoms with Crippen molar-refractivity contribution in [1.29, 1.82) is 0 Å². The van der Waals surface area contributed by atoms with Gasteiger partial charge in [-0.25, -0.2) is 0 Å². The van der Waals surface area contributed by atoms with E-state index in [9.17, 15) is 0 Å². The van der Waals surface area contributed by atoms with Crippen LogP contribution in [0.1, 0.15) is 0 Å². The molecule has 0 unspecified atom stereocenters. The van der Waals surface area contributed by atoms with Crippen molar-refractivity contribution in [3.05, 3.63) is 60.7 Å². The van der Waals surface area contributed by atoms with E-state index in [2.05, 4.69) is 60.7 Å². The van der Waals surface area contributed by atoms with Crippen LogP contribution < -0.4 is 8.92 Å². The molecule has 0 saturated carbocycles. The molecule has 1 heteroatoms. The molecule has 0 N–H and O–H groups in total. The number of hydrogen-bond donors (Lipinski definition) is 0. The summed E-state index contributed by atoms with van der Waals surface area (Å²) in [5.41, 5.74) is 0. The number of hydrogen-bond acceptors (Lipinski definition) is 0. The molecule has 0 nitrogen and oxygen atoms in total. The van der Waals surface area contributed by atoms with E-state index >= 15 is 0 Å². The van der Waals surface area contributed by atoms with E-state index in [0.717, 1.165) is 0 Å². The Kier molecular flexibility index (Phi) is 2.81. The van der Waals surface area contributed by atoms with Gasteiger partial charge in [0.2, 0.25) is 0 Å². The third-order valence-corrected chi connectivity index (χ3v) is 3.85. The van der Waals surface area contributed by atoms with Gasteiger partial charge in [0, 0.05) is 0 Å². The minimum absolute atomic E-state index is 0.461. The molecule has 2 aromatic rings. The Morgan fingerprint density at radius 1 is 0.538 bits per heavy atom. The van der Waals surface area contributed by atoms with Gasteiger partial charge < -0.3 is 0 Å². The molecule has 0 aliphatic rings. The van der Waals surface area contributed by atoms with Crippen LogP contribution in [0.15, 0.2) is 60.7 Å². The van der Waals surface area contributed by atoms with Gasteiger partial charge >= 0.3 is 84.5 Å². The molecule has 0 saturated heterocycles. The summed E-state index contributed by atoms with van der Waals surface area (Å²) in [4.78, 5) is 0. The summed E-state index contributed by atoms with van der Waals surface area (Å²) in [7, 11) is 0. The van der Waals surface area contributed by atoms with Crippen molar-refractivity contribution in [3.8, 4) is 0 Å². The van der Waals surface area contributed by atoms with Crippen molar-refractivity contribution in [3.63, 3.8) is 0 Å². The summed E-state index contributed by atoms with van der Waals surface area (Å²) in [5, 5.41) is 0. The number of rotatable bonds is 2. The zero-order chi connectivity index (χ0) is 8.93. The Hall–Kier alpha value is -1.04. The van der Waals surface area contributed by atoms with Crippen LogP contribution in [0.3, 0.4) is 0 Å². The van der Waals surface area contributed by atoms with E-state index in [1.807, 2.05) is 0 Å². The topological polar surface area (TPSA) is 0 Å². The first-order valence-corrected chi connectivity index (χ1v) is 5.94. The molecule has 0 fully saturated rings. The van der Waals surface area contributed by atoms with E-state index in [1.54, 1.807) is 0 Å². The Morgan fingerprint density at radius 2 is 0.923 bits per heavy atom. The molecule has 64 valence electrons. The van der Waals surface area contributed by atoms with Crippen molar-refractivity contribution in [2.45, 2.75) is 0 Å². The van der Waals surface area contributed by atoms with E-state index in [1.165, 1.54) is 8.92 Å². The average molecular weight is 233 g/mol. The quantitative estimate of drug-likeness (QED) is 0.687. The summed E-state index contributed by atoms with van der Waals surface area (Å²) in [6.45, 7) is 0. The van der Waals surface area contributed by atoms with Crippen LogP contribution in [0, 0.1) is 0 Å². The van der Waals surface area contributed by atoms with Crippen molar-refractivity contribution in [2.75, 3.05) is 0 Å². The van der Waals surface area contributed by atoms with Crippen molar-refractivity contribution < 1.29 is 0 Å². The third kappa shape index (κ3) is 2.45. The molecule has 0 amide bonds. The number of benzene rings is 2. The van der Waals surface area contributed by atoms with Crippen LogP contribution in [0.5, 0.6) is 0 Å². The van der Waals surface area contributed by atoms with Gasteiger partial charge in [-0.1, -0.05) is 0 Å². The first-order chi connectivity index (χ1) is 6.45. The maximum atomic E-state index is 2.19. The van der Waals surface area contributed by atoms with Crippen LogP contribution in [-0.2, 0) is 0 Å². The second kappa shape index (κ2) is 4.27. The second-order valence-electron chi connectivity index (χ2n) is 2.73. The van der Waals surface area contributed by atoms with Crippen LogP contribution in [0.4, 0.5) is 0 Å². The summed E-state index contributed by atoms with van der Waals surface area (Å²) < 4.78 is 2.86. The standard InChI is InChI=1S/C12H10Se/c1-3-7-11(8-4-1)13-12-9-5-2-6-10-12/h1-10H. The molecule has 13 heavy (non-hydrogen) atoms. The van der Waals surface area contributed by atoms with Gasteiger partial charge in [-0.3, -0.25) is 0 Å². The molecule has 0 atom stereocenters. The van der Waals surface area contributed by atoms with Crippen molar-refractivity contribution in [2.24, 2.45) is 0 Å². The van der Waals surface area contributed by atoms with Gasteiger partial charge in [0.05, 0.1) is 0 Å². The first-order valence-electron chi connectivity index (χ1n) is 4.23. The fraction of sp³-hybridized carbons (Fsp3) is 0. The van der Waals surface area contributed by atoms with Crippen molar-refractivity contribution in [1.82, 2.24) is 0 Å². The maximum absolute atomic E-state index is 2.19. The zero-order valence-corrected chi connectivity index (χ0v) is 8.89. The molecule has 0 aromatic heterocycles. The van der Waals surface area contributed by atoms with E-state index in [-0.39, 0.29) is 0 Å². The normalized spacial score (nSPS) is 9.85. The third-order valence-electron chi connectivity index (χ3n) is 1.72. The monoisotopic (exact) mass is 234 g/mol. The molecular formula is C12H10Se. The fourth-order valence-corrected chi connectivity index (χ4v) is 2.91. The summed E-state index contributed by atoms with van der Waals surface area (Å²) in [6.07, 6.45) is 0. The van der Waals surface area contributed by atoms with Gasteiger partial charge in [-0.15, -0.1) is 0 Å². The zero-order valence-electron chi connectivity index (χ0n) is 7.18. The molecule has 2 rings (SSSR count). The predicted octanol–water partition coefficient (Wildman–Crippen LogP) is 1.34. The molecule has 0 heterocycles. The molecule has 0 bridgehead atoms. The minimum atomic E-state index is 0.461. The second-order valence-corrected chi connectivity index (χ2v) is 5.13. The summed E-state index contributed by atoms with van der Waals surface area (Å²) in [5.74, 6) is 0. The van der Waals surface area contributed by atoms with Gasteiger partial charge in [0.1, 0.15) is 0 Å². The molecule has 0 spiro atoms. The Bertz CT molecular complexity index is 316. The van der Waals surface area contributed by atoms with E-state index in [0.29, 0.717) is 15.0 Å². The Morgan fingerprint density at radius 3 is 1.31 bits per heavy atom. The fourth-order valence-electron chi connectivity index (χ4n) is 1.11. The SMILES string of the molecule is c1ccc([Se]c2ccccc2)cc1. The van der Waals surface area contributed by atoms with Crippen LogP contribution >= 0.6 is 0 Å². The van der Waals surface area contributed by atoms with E-state index < -0.39 is 0 Å². The van der Waals surface area contributed by atoms with Gasteiger partial charge in [0.15, 0.2) is 0 Å². The molecule has 2 aromatic carbocycles. The molecular weight excluding hydrogens is 223 g/mol.